The molecule has 0 aliphatic rings. The quantitative estimate of drug-likeness (QED) is 0.392. The standard InChI is InChI=1S/C20H24FN4O4P/c1-4-28-30(27,29-5-2)20(14-10-6-8-12-16(14)21)23-22-19(26)18-15-11-7-9-13-17(15)25(3)24-18/h6-13,20,23H,4-5H2,1-3H3,(H,22,26). The van der Waals surface area contributed by atoms with Crippen LogP contribution in [0, 0.1) is 5.82 Å². The van der Waals surface area contributed by atoms with Crippen molar-refractivity contribution in [2.45, 2.75) is 19.6 Å². The van der Waals surface area contributed by atoms with Crippen molar-refractivity contribution in [2.24, 2.45) is 7.05 Å². The van der Waals surface area contributed by atoms with Crippen LogP contribution in [-0.2, 0) is 20.7 Å². The predicted octanol–water partition coefficient (Wildman–Crippen LogP) is 3.91. The van der Waals surface area contributed by atoms with Gasteiger partial charge >= 0.3 is 7.60 Å². The van der Waals surface area contributed by atoms with Crippen LogP contribution in [0.25, 0.3) is 10.9 Å². The summed E-state index contributed by atoms with van der Waals surface area (Å²) in [5.41, 5.74) is 6.15. The number of aryl methyl sites for hydroxylation is 1. The van der Waals surface area contributed by atoms with E-state index in [1.165, 1.54) is 18.2 Å². The number of carbonyl (C=O) groups is 1. The van der Waals surface area contributed by atoms with E-state index in [-0.39, 0.29) is 24.5 Å². The molecule has 30 heavy (non-hydrogen) atoms. The molecule has 160 valence electrons. The molecule has 2 N–H and O–H groups in total. The molecule has 1 amide bonds. The van der Waals surface area contributed by atoms with Crippen LogP contribution >= 0.6 is 7.60 Å². The van der Waals surface area contributed by atoms with Gasteiger partial charge in [0.05, 0.1) is 18.7 Å². The second-order valence-electron chi connectivity index (χ2n) is 6.39. The van der Waals surface area contributed by atoms with Gasteiger partial charge in [0.1, 0.15) is 5.82 Å². The van der Waals surface area contributed by atoms with Gasteiger partial charge in [-0.1, -0.05) is 36.4 Å². The number of aromatic nitrogens is 2. The van der Waals surface area contributed by atoms with Crippen LogP contribution in [0.5, 0.6) is 0 Å². The lowest BCUT2D eigenvalue weighted by molar-refractivity contribution is 0.0923. The number of amides is 1. The van der Waals surface area contributed by atoms with Crippen molar-refractivity contribution in [2.75, 3.05) is 13.2 Å². The van der Waals surface area contributed by atoms with E-state index in [0.717, 1.165) is 5.52 Å². The van der Waals surface area contributed by atoms with Gasteiger partial charge in [-0.25, -0.2) is 9.82 Å². The Hall–Kier alpha value is -2.58. The number of hydrazine groups is 1. The summed E-state index contributed by atoms with van der Waals surface area (Å²) < 4.78 is 40.3. The third kappa shape index (κ3) is 4.44. The zero-order valence-corrected chi connectivity index (χ0v) is 17.9. The number of rotatable bonds is 9. The van der Waals surface area contributed by atoms with Gasteiger partial charge in [0.2, 0.25) is 0 Å². The monoisotopic (exact) mass is 434 g/mol. The number of nitrogens with one attached hydrogen (secondary N) is 2. The lowest BCUT2D eigenvalue weighted by atomic mass is 10.2. The molecular formula is C20H24FN4O4P. The average molecular weight is 434 g/mol. The first-order valence-electron chi connectivity index (χ1n) is 9.52. The molecule has 1 atom stereocenters. The van der Waals surface area contributed by atoms with Crippen molar-refractivity contribution in [1.82, 2.24) is 20.6 Å². The van der Waals surface area contributed by atoms with Gasteiger partial charge in [-0.05, 0) is 26.0 Å². The number of hydrogen-bond acceptors (Lipinski definition) is 6. The van der Waals surface area contributed by atoms with E-state index in [1.807, 2.05) is 12.1 Å². The Morgan fingerprint density at radius 2 is 1.77 bits per heavy atom. The Morgan fingerprint density at radius 3 is 2.43 bits per heavy atom. The number of para-hydroxylation sites is 1. The topological polar surface area (TPSA) is 94.5 Å². The largest absolute Gasteiger partial charge is 0.353 e. The van der Waals surface area contributed by atoms with Gasteiger partial charge in [0, 0.05) is 18.0 Å². The molecule has 0 bridgehead atoms. The summed E-state index contributed by atoms with van der Waals surface area (Å²) in [6.07, 6.45) is 0. The summed E-state index contributed by atoms with van der Waals surface area (Å²) in [7, 11) is -2.13. The van der Waals surface area contributed by atoms with Crippen LogP contribution < -0.4 is 10.9 Å². The van der Waals surface area contributed by atoms with Gasteiger partial charge in [-0.3, -0.25) is 19.5 Å². The molecule has 0 fully saturated rings. The first-order valence-corrected chi connectivity index (χ1v) is 11.1. The lowest BCUT2D eigenvalue weighted by Gasteiger charge is -2.27. The second-order valence-corrected chi connectivity index (χ2v) is 8.50. The summed E-state index contributed by atoms with van der Waals surface area (Å²) >= 11 is 0. The van der Waals surface area contributed by atoms with Gasteiger partial charge in [-0.2, -0.15) is 5.10 Å². The highest BCUT2D eigenvalue weighted by atomic mass is 31.2. The zero-order valence-electron chi connectivity index (χ0n) is 17.0. The zero-order chi connectivity index (χ0) is 21.7. The molecule has 0 radical (unpaired) electrons. The van der Waals surface area contributed by atoms with E-state index < -0.39 is 25.1 Å². The number of halogens is 1. The van der Waals surface area contributed by atoms with E-state index >= 15 is 0 Å². The van der Waals surface area contributed by atoms with Crippen molar-refractivity contribution in [3.63, 3.8) is 0 Å². The van der Waals surface area contributed by atoms with Gasteiger partial charge in [0.15, 0.2) is 11.5 Å². The molecule has 0 aliphatic heterocycles. The fraction of sp³-hybridized carbons (Fsp3) is 0.300. The maximum atomic E-state index is 14.5. The number of nitrogens with zero attached hydrogens (tertiary/aromatic N) is 2. The Bertz CT molecular complexity index is 1080. The summed E-state index contributed by atoms with van der Waals surface area (Å²) in [4.78, 5) is 12.8. The van der Waals surface area contributed by atoms with Crippen LogP contribution in [0.4, 0.5) is 4.39 Å². The summed E-state index contributed by atoms with van der Waals surface area (Å²) in [6.45, 7) is 3.48. The Morgan fingerprint density at radius 1 is 1.13 bits per heavy atom. The first-order chi connectivity index (χ1) is 14.4. The molecule has 3 rings (SSSR count). The minimum Gasteiger partial charge on any atom is -0.307 e. The summed E-state index contributed by atoms with van der Waals surface area (Å²) in [5, 5.41) is 4.90. The SMILES string of the molecule is CCOP(=O)(OCC)C(NNC(=O)c1nn(C)c2ccccc12)c1ccccc1F. The molecule has 10 heteroatoms. The molecule has 0 saturated heterocycles. The van der Waals surface area contributed by atoms with Crippen molar-refractivity contribution >= 4 is 24.4 Å². The highest BCUT2D eigenvalue weighted by Crippen LogP contribution is 2.59. The molecule has 0 spiro atoms. The molecule has 1 aromatic heterocycles. The number of fused-ring (bicyclic) bond motifs is 1. The molecule has 1 unspecified atom stereocenters. The highest BCUT2D eigenvalue weighted by Gasteiger charge is 2.39. The second kappa shape index (κ2) is 9.49. The third-order valence-electron chi connectivity index (χ3n) is 4.43. The van der Waals surface area contributed by atoms with Crippen molar-refractivity contribution in [3.8, 4) is 0 Å². The van der Waals surface area contributed by atoms with Gasteiger partial charge in [-0.15, -0.1) is 0 Å². The number of carbonyl (C=O) groups excluding carboxylic acids is 1. The summed E-state index contributed by atoms with van der Waals surface area (Å²) in [6, 6.07) is 13.1. The molecular weight excluding hydrogens is 410 g/mol. The molecule has 2 aromatic carbocycles. The Kier molecular flexibility index (Phi) is 6.99. The van der Waals surface area contributed by atoms with Crippen LogP contribution in [-0.4, -0.2) is 28.9 Å². The summed E-state index contributed by atoms with van der Waals surface area (Å²) in [5.74, 6) is -2.42. The molecule has 8 nitrogen and oxygen atoms in total. The lowest BCUT2D eigenvalue weighted by Crippen LogP contribution is -2.41. The minimum absolute atomic E-state index is 0.0499. The average Bonchev–Trinajstić information content (AvgIpc) is 3.07. The van der Waals surface area contributed by atoms with Crippen LogP contribution in [0.3, 0.4) is 0 Å². The Labute approximate surface area is 173 Å². The van der Waals surface area contributed by atoms with Crippen LogP contribution in [0.1, 0.15) is 35.7 Å². The molecule has 3 aromatic rings. The van der Waals surface area contributed by atoms with Crippen molar-refractivity contribution < 1.29 is 22.8 Å². The highest BCUT2D eigenvalue weighted by molar-refractivity contribution is 7.54. The normalized spacial score (nSPS) is 12.8. The van der Waals surface area contributed by atoms with E-state index in [4.69, 9.17) is 9.05 Å². The van der Waals surface area contributed by atoms with Crippen LogP contribution in [0.15, 0.2) is 48.5 Å². The molecule has 0 aliphatic carbocycles. The van der Waals surface area contributed by atoms with E-state index in [9.17, 15) is 13.8 Å². The molecule has 1 heterocycles. The van der Waals surface area contributed by atoms with Crippen molar-refractivity contribution in [1.29, 1.82) is 0 Å². The number of benzene rings is 2. The smallest absolute Gasteiger partial charge is 0.307 e. The van der Waals surface area contributed by atoms with E-state index in [0.29, 0.717) is 5.39 Å². The van der Waals surface area contributed by atoms with Gasteiger partial charge < -0.3 is 9.05 Å². The number of hydrogen-bond donors (Lipinski definition) is 2. The maximum absolute atomic E-state index is 14.5. The van der Waals surface area contributed by atoms with Crippen LogP contribution in [0.2, 0.25) is 0 Å². The van der Waals surface area contributed by atoms with E-state index in [2.05, 4.69) is 16.0 Å². The Balaban J connectivity index is 1.92. The predicted molar refractivity (Wildman–Crippen MR) is 111 cm³/mol. The van der Waals surface area contributed by atoms with Gasteiger partial charge in [0.25, 0.3) is 5.91 Å². The minimum atomic E-state index is -3.86. The molecule has 0 saturated carbocycles. The van der Waals surface area contributed by atoms with E-state index in [1.54, 1.807) is 43.8 Å². The maximum Gasteiger partial charge on any atom is 0.353 e. The third-order valence-corrected chi connectivity index (χ3v) is 6.71. The first kappa shape index (κ1) is 22.1. The van der Waals surface area contributed by atoms with Crippen molar-refractivity contribution in [3.05, 3.63) is 65.6 Å². The fourth-order valence-electron chi connectivity index (χ4n) is 3.14. The fourth-order valence-corrected chi connectivity index (χ4v) is 5.01.